The van der Waals surface area contributed by atoms with Crippen molar-refractivity contribution < 1.29 is 4.74 Å². The molecule has 1 heterocycles. The number of hydrogen-bond acceptors (Lipinski definition) is 3. The molecule has 0 saturated carbocycles. The smallest absolute Gasteiger partial charge is 0.118 e. The van der Waals surface area contributed by atoms with E-state index in [1.54, 1.807) is 18.4 Å². The summed E-state index contributed by atoms with van der Waals surface area (Å²) in [7, 11) is 1.69. The summed E-state index contributed by atoms with van der Waals surface area (Å²) in [5.41, 5.74) is 4.04. The van der Waals surface area contributed by atoms with Crippen LogP contribution in [-0.2, 0) is 6.54 Å². The molecule has 96 valence electrons. The van der Waals surface area contributed by atoms with Crippen molar-refractivity contribution in [3.8, 4) is 5.75 Å². The molecule has 1 aromatic heterocycles. The van der Waals surface area contributed by atoms with Gasteiger partial charge in [0.15, 0.2) is 0 Å². The van der Waals surface area contributed by atoms with Gasteiger partial charge in [0.2, 0.25) is 0 Å². The maximum Gasteiger partial charge on any atom is 0.118 e. The van der Waals surface area contributed by atoms with Crippen LogP contribution in [0.5, 0.6) is 5.75 Å². The zero-order valence-corrected chi connectivity index (χ0v) is 11.9. The van der Waals surface area contributed by atoms with Crippen LogP contribution in [0, 0.1) is 6.92 Å². The van der Waals surface area contributed by atoms with Gasteiger partial charge < -0.3 is 10.1 Å². The third-order valence-corrected chi connectivity index (χ3v) is 4.09. The Morgan fingerprint density at radius 1 is 1.22 bits per heavy atom. The summed E-state index contributed by atoms with van der Waals surface area (Å²) >= 11 is 1.76. The molecular formula is C15H19NOS. The number of aryl methyl sites for hydroxylation is 1. The maximum absolute atomic E-state index is 5.16. The average molecular weight is 261 g/mol. The third kappa shape index (κ3) is 3.12. The fourth-order valence-electron chi connectivity index (χ4n) is 1.84. The number of rotatable bonds is 5. The molecule has 0 amide bonds. The summed E-state index contributed by atoms with van der Waals surface area (Å²) in [5.74, 6) is 0.902. The van der Waals surface area contributed by atoms with Crippen molar-refractivity contribution in [1.82, 2.24) is 5.32 Å². The predicted molar refractivity (Wildman–Crippen MR) is 77.3 cm³/mol. The highest BCUT2D eigenvalue weighted by atomic mass is 32.1. The molecule has 2 nitrogen and oxygen atoms in total. The molecule has 0 aliphatic heterocycles. The molecule has 0 aliphatic rings. The fraction of sp³-hybridized carbons (Fsp3) is 0.333. The van der Waals surface area contributed by atoms with Crippen molar-refractivity contribution in [2.45, 2.75) is 26.4 Å². The lowest BCUT2D eigenvalue weighted by molar-refractivity contribution is 0.414. The van der Waals surface area contributed by atoms with Gasteiger partial charge in [0.05, 0.1) is 7.11 Å². The number of hydrogen-bond donors (Lipinski definition) is 1. The van der Waals surface area contributed by atoms with Gasteiger partial charge in [-0.25, -0.2) is 0 Å². The van der Waals surface area contributed by atoms with Gasteiger partial charge in [-0.15, -0.1) is 0 Å². The molecule has 2 rings (SSSR count). The highest BCUT2D eigenvalue weighted by Crippen LogP contribution is 2.19. The largest absolute Gasteiger partial charge is 0.497 e. The molecule has 0 bridgehead atoms. The minimum atomic E-state index is 0.343. The Hall–Kier alpha value is -1.32. The van der Waals surface area contributed by atoms with E-state index in [9.17, 15) is 0 Å². The number of ether oxygens (including phenoxy) is 1. The summed E-state index contributed by atoms with van der Waals surface area (Å²) in [6.45, 7) is 5.26. The predicted octanol–water partition coefficient (Wildman–Crippen LogP) is 3.92. The van der Waals surface area contributed by atoms with Gasteiger partial charge in [-0.3, -0.25) is 0 Å². The van der Waals surface area contributed by atoms with E-state index < -0.39 is 0 Å². The quantitative estimate of drug-likeness (QED) is 0.881. The maximum atomic E-state index is 5.16. The minimum Gasteiger partial charge on any atom is -0.497 e. The lowest BCUT2D eigenvalue weighted by Crippen LogP contribution is -2.18. The van der Waals surface area contributed by atoms with E-state index in [0.29, 0.717) is 6.04 Å². The second-order valence-electron chi connectivity index (χ2n) is 4.46. The van der Waals surface area contributed by atoms with Crippen molar-refractivity contribution in [2.24, 2.45) is 0 Å². The Bertz CT molecular complexity index is 489. The zero-order valence-electron chi connectivity index (χ0n) is 11.1. The van der Waals surface area contributed by atoms with Crippen LogP contribution in [-0.4, -0.2) is 7.11 Å². The monoisotopic (exact) mass is 261 g/mol. The Labute approximate surface area is 113 Å². The van der Waals surface area contributed by atoms with Crippen LogP contribution in [0.4, 0.5) is 0 Å². The summed E-state index contributed by atoms with van der Waals surface area (Å²) in [6.07, 6.45) is 0. The molecule has 1 N–H and O–H groups in total. The Balaban J connectivity index is 1.94. The van der Waals surface area contributed by atoms with Gasteiger partial charge in [0.25, 0.3) is 0 Å². The molecule has 1 unspecified atom stereocenters. The van der Waals surface area contributed by atoms with Gasteiger partial charge in [-0.2, -0.15) is 11.3 Å². The molecule has 2 aromatic rings. The van der Waals surface area contributed by atoms with Crippen molar-refractivity contribution in [3.63, 3.8) is 0 Å². The summed E-state index contributed by atoms with van der Waals surface area (Å²) < 4.78 is 5.16. The van der Waals surface area contributed by atoms with E-state index in [-0.39, 0.29) is 0 Å². The average Bonchev–Trinajstić information content (AvgIpc) is 2.81. The normalized spacial score (nSPS) is 12.4. The lowest BCUT2D eigenvalue weighted by Gasteiger charge is -2.14. The first-order valence-electron chi connectivity index (χ1n) is 6.09. The van der Waals surface area contributed by atoms with Crippen molar-refractivity contribution in [2.75, 3.05) is 7.11 Å². The van der Waals surface area contributed by atoms with E-state index in [4.69, 9.17) is 4.74 Å². The molecule has 0 spiro atoms. The molecule has 0 fully saturated rings. The highest BCUT2D eigenvalue weighted by molar-refractivity contribution is 7.08. The number of thiophene rings is 1. The van der Waals surface area contributed by atoms with Crippen LogP contribution >= 0.6 is 11.3 Å². The molecule has 0 radical (unpaired) electrons. The second kappa shape index (κ2) is 6.03. The highest BCUT2D eigenvalue weighted by Gasteiger charge is 2.06. The van der Waals surface area contributed by atoms with E-state index in [2.05, 4.69) is 42.1 Å². The molecular weight excluding hydrogens is 242 g/mol. The molecule has 0 saturated heterocycles. The van der Waals surface area contributed by atoms with Crippen LogP contribution in [0.15, 0.2) is 35.0 Å². The van der Waals surface area contributed by atoms with E-state index >= 15 is 0 Å². The fourth-order valence-corrected chi connectivity index (χ4v) is 2.70. The first-order chi connectivity index (χ1) is 8.70. The molecule has 1 aromatic carbocycles. The summed E-state index contributed by atoms with van der Waals surface area (Å²) in [4.78, 5) is 0. The van der Waals surface area contributed by atoms with Crippen LogP contribution < -0.4 is 10.1 Å². The van der Waals surface area contributed by atoms with Gasteiger partial charge >= 0.3 is 0 Å². The molecule has 3 heteroatoms. The lowest BCUT2D eigenvalue weighted by atomic mass is 10.1. The molecule has 1 atom stereocenters. The van der Waals surface area contributed by atoms with Crippen LogP contribution in [0.25, 0.3) is 0 Å². The first kappa shape index (κ1) is 13.1. The first-order valence-corrected chi connectivity index (χ1v) is 7.04. The third-order valence-electron chi connectivity index (χ3n) is 3.18. The van der Waals surface area contributed by atoms with Crippen molar-refractivity contribution in [3.05, 3.63) is 51.7 Å². The van der Waals surface area contributed by atoms with Crippen LogP contribution in [0.3, 0.4) is 0 Å². The van der Waals surface area contributed by atoms with Gasteiger partial charge in [-0.05, 0) is 53.4 Å². The van der Waals surface area contributed by atoms with Crippen LogP contribution in [0.1, 0.15) is 29.7 Å². The topological polar surface area (TPSA) is 21.3 Å². The zero-order chi connectivity index (χ0) is 13.0. The van der Waals surface area contributed by atoms with Crippen LogP contribution in [0.2, 0.25) is 0 Å². The Kier molecular flexibility index (Phi) is 4.39. The van der Waals surface area contributed by atoms with E-state index in [1.807, 2.05) is 12.1 Å². The van der Waals surface area contributed by atoms with E-state index in [1.165, 1.54) is 16.7 Å². The standard InChI is InChI=1S/C15H19NOS/c1-11-9-18-10-14(11)8-16-12(2)13-4-6-15(17-3)7-5-13/h4-7,9-10,12,16H,8H2,1-3H3. The van der Waals surface area contributed by atoms with Gasteiger partial charge in [-0.1, -0.05) is 12.1 Å². The Morgan fingerprint density at radius 2 is 1.94 bits per heavy atom. The van der Waals surface area contributed by atoms with Gasteiger partial charge in [0, 0.05) is 12.6 Å². The number of benzene rings is 1. The van der Waals surface area contributed by atoms with Gasteiger partial charge in [0.1, 0.15) is 5.75 Å². The SMILES string of the molecule is COc1ccc(C(C)NCc2cscc2C)cc1. The summed E-state index contributed by atoms with van der Waals surface area (Å²) in [6, 6.07) is 8.57. The second-order valence-corrected chi connectivity index (χ2v) is 5.20. The van der Waals surface area contributed by atoms with Crippen molar-refractivity contribution in [1.29, 1.82) is 0 Å². The van der Waals surface area contributed by atoms with E-state index in [0.717, 1.165) is 12.3 Å². The minimum absolute atomic E-state index is 0.343. The van der Waals surface area contributed by atoms with Crippen molar-refractivity contribution >= 4 is 11.3 Å². The number of nitrogens with one attached hydrogen (secondary N) is 1. The molecule has 18 heavy (non-hydrogen) atoms. The summed E-state index contributed by atoms with van der Waals surface area (Å²) in [5, 5.41) is 7.95. The molecule has 0 aliphatic carbocycles. The number of methoxy groups -OCH3 is 1. The Morgan fingerprint density at radius 3 is 2.50 bits per heavy atom.